The van der Waals surface area contributed by atoms with Crippen molar-refractivity contribution in [2.75, 3.05) is 45.7 Å². The van der Waals surface area contributed by atoms with E-state index in [0.717, 1.165) is 75.0 Å². The molecule has 4 N–H and O–H groups in total. The number of benzene rings is 1. The highest BCUT2D eigenvalue weighted by atomic mass is 16.5. The van der Waals surface area contributed by atoms with Gasteiger partial charge in [-0.1, -0.05) is 12.6 Å². The minimum Gasteiger partial charge on any atom is -0.506 e. The molecular weight excluding hydrogens is 342 g/mol. The molecule has 0 aliphatic carbocycles. The fourth-order valence-corrected chi connectivity index (χ4v) is 2.77. The van der Waals surface area contributed by atoms with Crippen molar-refractivity contribution in [3.8, 4) is 5.75 Å². The van der Waals surface area contributed by atoms with E-state index in [2.05, 4.69) is 22.5 Å². The molecule has 0 radical (unpaired) electrons. The molecule has 0 amide bonds. The molecule has 0 saturated carbocycles. The van der Waals surface area contributed by atoms with Crippen LogP contribution >= 0.6 is 0 Å². The van der Waals surface area contributed by atoms with Gasteiger partial charge in [0, 0.05) is 45.1 Å². The summed E-state index contributed by atoms with van der Waals surface area (Å²) in [5.74, 6) is 0.174. The van der Waals surface area contributed by atoms with Crippen LogP contribution in [-0.4, -0.2) is 51.8 Å². The molecule has 1 aromatic carbocycles. The van der Waals surface area contributed by atoms with Crippen LogP contribution in [0, 0.1) is 0 Å². The Hall–Kier alpha value is -2.31. The van der Waals surface area contributed by atoms with E-state index >= 15 is 0 Å². The Morgan fingerprint density at radius 2 is 2.07 bits per heavy atom. The van der Waals surface area contributed by atoms with Gasteiger partial charge >= 0.3 is 0 Å². The summed E-state index contributed by atoms with van der Waals surface area (Å²) in [6.45, 7) is 7.42. The molecular formula is C21H33N3O3. The topological polar surface area (TPSA) is 82.6 Å². The first-order chi connectivity index (χ1) is 13.1. The number of methoxy groups -OCH3 is 1. The van der Waals surface area contributed by atoms with E-state index in [9.17, 15) is 9.90 Å². The van der Waals surface area contributed by atoms with Crippen molar-refractivity contribution in [2.24, 2.45) is 0 Å². The van der Waals surface area contributed by atoms with Crippen molar-refractivity contribution in [1.82, 2.24) is 10.6 Å². The SMILES string of the molecule is C=C(CCNCCc1ccc(O)c(NC)c1/C=C\C=O)NCCCCOC. The molecule has 150 valence electrons. The van der Waals surface area contributed by atoms with Gasteiger partial charge in [0.1, 0.15) is 12.0 Å². The Morgan fingerprint density at radius 1 is 1.26 bits per heavy atom. The Balaban J connectivity index is 2.38. The molecule has 0 fully saturated rings. The first-order valence-electron chi connectivity index (χ1n) is 9.39. The third kappa shape index (κ3) is 8.75. The maximum Gasteiger partial charge on any atom is 0.142 e. The predicted octanol–water partition coefficient (Wildman–Crippen LogP) is 2.70. The van der Waals surface area contributed by atoms with Crippen LogP contribution in [0.5, 0.6) is 5.75 Å². The second-order valence-corrected chi connectivity index (χ2v) is 6.26. The number of unbranched alkanes of at least 4 members (excludes halogenated alkanes) is 1. The maximum atomic E-state index is 10.7. The van der Waals surface area contributed by atoms with Crippen LogP contribution in [0.15, 0.2) is 30.5 Å². The summed E-state index contributed by atoms with van der Waals surface area (Å²) in [5.41, 5.74) is 3.58. The lowest BCUT2D eigenvalue weighted by Gasteiger charge is -2.14. The number of phenols is 1. The van der Waals surface area contributed by atoms with Crippen LogP contribution in [0.25, 0.3) is 6.08 Å². The summed E-state index contributed by atoms with van der Waals surface area (Å²) in [6.07, 6.45) is 7.70. The molecule has 0 bridgehead atoms. The highest BCUT2D eigenvalue weighted by molar-refractivity contribution is 5.81. The molecule has 0 atom stereocenters. The maximum absolute atomic E-state index is 10.7. The van der Waals surface area contributed by atoms with Crippen molar-refractivity contribution < 1.29 is 14.6 Å². The highest BCUT2D eigenvalue weighted by Crippen LogP contribution is 2.31. The number of allylic oxidation sites excluding steroid dienone is 1. The zero-order valence-corrected chi connectivity index (χ0v) is 16.5. The Bertz CT molecular complexity index is 615. The van der Waals surface area contributed by atoms with E-state index in [1.54, 1.807) is 26.3 Å². The van der Waals surface area contributed by atoms with Gasteiger partial charge in [0.15, 0.2) is 0 Å². The quantitative estimate of drug-likeness (QED) is 0.163. The summed E-state index contributed by atoms with van der Waals surface area (Å²) in [6, 6.07) is 3.57. The van der Waals surface area contributed by atoms with Gasteiger partial charge in [0.25, 0.3) is 0 Å². The van der Waals surface area contributed by atoms with Gasteiger partial charge in [-0.2, -0.15) is 0 Å². The Labute approximate surface area is 162 Å². The fraction of sp³-hybridized carbons (Fsp3) is 0.476. The average molecular weight is 376 g/mol. The van der Waals surface area contributed by atoms with Crippen molar-refractivity contribution in [2.45, 2.75) is 25.7 Å². The largest absolute Gasteiger partial charge is 0.506 e. The van der Waals surface area contributed by atoms with Crippen molar-refractivity contribution in [1.29, 1.82) is 0 Å². The van der Waals surface area contributed by atoms with Crippen molar-refractivity contribution in [3.05, 3.63) is 41.6 Å². The number of hydrogen-bond donors (Lipinski definition) is 4. The number of anilines is 1. The molecule has 0 aliphatic heterocycles. The molecule has 1 rings (SSSR count). The number of phenolic OH excluding ortho intramolecular Hbond substituents is 1. The van der Waals surface area contributed by atoms with E-state index in [0.29, 0.717) is 5.69 Å². The van der Waals surface area contributed by atoms with Gasteiger partial charge in [0.2, 0.25) is 0 Å². The van der Waals surface area contributed by atoms with Crippen LogP contribution in [0.4, 0.5) is 5.69 Å². The van der Waals surface area contributed by atoms with E-state index in [4.69, 9.17) is 4.74 Å². The monoisotopic (exact) mass is 375 g/mol. The van der Waals surface area contributed by atoms with E-state index < -0.39 is 0 Å². The zero-order valence-electron chi connectivity index (χ0n) is 16.5. The number of aromatic hydroxyl groups is 1. The van der Waals surface area contributed by atoms with Crippen LogP contribution < -0.4 is 16.0 Å². The van der Waals surface area contributed by atoms with Crippen LogP contribution in [0.2, 0.25) is 0 Å². The average Bonchev–Trinajstić information content (AvgIpc) is 2.67. The first-order valence-corrected chi connectivity index (χ1v) is 9.39. The third-order valence-electron chi connectivity index (χ3n) is 4.23. The molecule has 27 heavy (non-hydrogen) atoms. The second kappa shape index (κ2) is 13.8. The smallest absolute Gasteiger partial charge is 0.142 e. The zero-order chi connectivity index (χ0) is 19.9. The van der Waals surface area contributed by atoms with Gasteiger partial charge in [-0.3, -0.25) is 4.79 Å². The fourth-order valence-electron chi connectivity index (χ4n) is 2.77. The summed E-state index contributed by atoms with van der Waals surface area (Å²) < 4.78 is 5.03. The van der Waals surface area contributed by atoms with Gasteiger partial charge in [-0.25, -0.2) is 0 Å². The summed E-state index contributed by atoms with van der Waals surface area (Å²) in [7, 11) is 3.47. The van der Waals surface area contributed by atoms with Gasteiger partial charge in [-0.05, 0) is 56.0 Å². The van der Waals surface area contributed by atoms with E-state index in [-0.39, 0.29) is 5.75 Å². The summed E-state index contributed by atoms with van der Waals surface area (Å²) in [4.78, 5) is 10.7. The minimum absolute atomic E-state index is 0.174. The third-order valence-corrected chi connectivity index (χ3v) is 4.23. The lowest BCUT2D eigenvalue weighted by molar-refractivity contribution is -0.104. The van der Waals surface area contributed by atoms with Gasteiger partial charge < -0.3 is 25.8 Å². The van der Waals surface area contributed by atoms with Gasteiger partial charge in [0.05, 0.1) is 5.69 Å². The number of carbonyl (C=O) groups is 1. The number of ether oxygens (including phenoxy) is 1. The van der Waals surface area contributed by atoms with Gasteiger partial charge in [-0.15, -0.1) is 0 Å². The molecule has 0 heterocycles. The first kappa shape index (κ1) is 22.7. The van der Waals surface area contributed by atoms with E-state index in [1.165, 1.54) is 6.08 Å². The molecule has 0 saturated heterocycles. The molecule has 0 aliphatic rings. The number of rotatable bonds is 15. The molecule has 0 unspecified atom stereocenters. The predicted molar refractivity (Wildman–Crippen MR) is 112 cm³/mol. The molecule has 1 aromatic rings. The Kier molecular flexibility index (Phi) is 11.6. The lowest BCUT2D eigenvalue weighted by atomic mass is 10.0. The van der Waals surface area contributed by atoms with Crippen LogP contribution in [0.3, 0.4) is 0 Å². The number of hydrogen-bond acceptors (Lipinski definition) is 6. The molecule has 0 spiro atoms. The van der Waals surface area contributed by atoms with Crippen molar-refractivity contribution >= 4 is 18.0 Å². The van der Waals surface area contributed by atoms with Crippen molar-refractivity contribution in [3.63, 3.8) is 0 Å². The summed E-state index contributed by atoms with van der Waals surface area (Å²) in [5, 5.41) is 19.7. The van der Waals surface area contributed by atoms with Crippen LogP contribution in [0.1, 0.15) is 30.4 Å². The molecule has 0 aromatic heterocycles. The van der Waals surface area contributed by atoms with E-state index in [1.807, 2.05) is 6.07 Å². The number of aldehydes is 1. The number of nitrogens with one attached hydrogen (secondary N) is 3. The van der Waals surface area contributed by atoms with Crippen LogP contribution in [-0.2, 0) is 16.0 Å². The standard InChI is InChI=1S/C21H33N3O3/c1-17(24-12-4-5-16-27-3)10-13-23-14-11-18-8-9-20(26)21(22-2)19(18)7-6-15-25/h6-9,15,22-24,26H,1,4-5,10-14,16H2,2-3H3/b7-6-. The highest BCUT2D eigenvalue weighted by Gasteiger charge is 2.09. The second-order valence-electron chi connectivity index (χ2n) is 6.26. The molecule has 6 nitrogen and oxygen atoms in total. The Morgan fingerprint density at radius 3 is 2.78 bits per heavy atom. The summed E-state index contributed by atoms with van der Waals surface area (Å²) >= 11 is 0. The molecule has 6 heteroatoms. The minimum atomic E-state index is 0.174. The number of carbonyl (C=O) groups excluding carboxylic acids is 1. The normalized spacial score (nSPS) is 10.9. The lowest BCUT2D eigenvalue weighted by Crippen LogP contribution is -2.22.